The summed E-state index contributed by atoms with van der Waals surface area (Å²) in [7, 11) is 0. The van der Waals surface area contributed by atoms with Gasteiger partial charge < -0.3 is 15.6 Å². The van der Waals surface area contributed by atoms with Crippen molar-refractivity contribution in [2.45, 2.75) is 25.8 Å². The molecule has 26 heavy (non-hydrogen) atoms. The van der Waals surface area contributed by atoms with Crippen LogP contribution in [0.5, 0.6) is 0 Å². The predicted molar refractivity (Wildman–Crippen MR) is 109 cm³/mol. The average Bonchev–Trinajstić information content (AvgIpc) is 3.07. The minimum Gasteiger partial charge on any atom is -0.361 e. The van der Waals surface area contributed by atoms with Gasteiger partial charge in [0, 0.05) is 40.1 Å². The van der Waals surface area contributed by atoms with Gasteiger partial charge in [-0.05, 0) is 30.2 Å². The molecule has 1 amide bonds. The molecule has 0 radical (unpaired) electrons. The summed E-state index contributed by atoms with van der Waals surface area (Å²) in [5.41, 5.74) is 3.64. The van der Waals surface area contributed by atoms with Gasteiger partial charge in [0.25, 0.3) is 5.91 Å². The maximum absolute atomic E-state index is 12.2. The van der Waals surface area contributed by atoms with Crippen LogP contribution in [0, 0.1) is 0 Å². The van der Waals surface area contributed by atoms with Gasteiger partial charge in [-0.15, -0.1) is 0 Å². The van der Waals surface area contributed by atoms with Crippen LogP contribution >= 0.6 is 15.9 Å². The molecule has 0 fully saturated rings. The van der Waals surface area contributed by atoms with Crippen LogP contribution in [0.25, 0.3) is 10.9 Å². The van der Waals surface area contributed by atoms with E-state index in [9.17, 15) is 4.79 Å². The Kier molecular flexibility index (Phi) is 6.47. The molecular weight excluding hydrogens is 390 g/mol. The predicted octanol–water partition coefficient (Wildman–Crippen LogP) is 3.30. The smallest absolute Gasteiger partial charge is 0.275 e. The Hall–Kier alpha value is -2.11. The van der Waals surface area contributed by atoms with Gasteiger partial charge in [0.1, 0.15) is 6.04 Å². The van der Waals surface area contributed by atoms with Crippen molar-refractivity contribution in [1.82, 2.24) is 10.3 Å². The molecule has 0 unspecified atom stereocenters. The fourth-order valence-corrected chi connectivity index (χ4v) is 3.51. The summed E-state index contributed by atoms with van der Waals surface area (Å²) in [5.74, 6) is 0.0837. The number of amides is 1. The topological polar surface area (TPSA) is 61.5 Å². The van der Waals surface area contributed by atoms with E-state index in [-0.39, 0.29) is 5.91 Å². The maximum atomic E-state index is 12.2. The van der Waals surface area contributed by atoms with Crippen LogP contribution < -0.4 is 10.6 Å². The monoisotopic (exact) mass is 414 g/mol. The lowest BCUT2D eigenvalue weighted by Gasteiger charge is -2.14. The normalized spacial score (nSPS) is 12.2. The SMILES string of the molecule is CC[C@@H]([NH2+]CC(=O)NCCc1c[nH]c2ccccc12)c1ccc(Br)cc1. The molecule has 1 aromatic heterocycles. The molecule has 0 spiro atoms. The van der Waals surface area contributed by atoms with Gasteiger partial charge >= 0.3 is 0 Å². The first-order valence-electron chi connectivity index (χ1n) is 9.08. The molecule has 1 atom stereocenters. The molecule has 0 aliphatic rings. The van der Waals surface area contributed by atoms with Gasteiger partial charge in [-0.25, -0.2) is 0 Å². The van der Waals surface area contributed by atoms with Gasteiger partial charge in [-0.1, -0.05) is 53.2 Å². The third kappa shape index (κ3) is 4.74. The molecule has 4 nitrogen and oxygen atoms in total. The number of nitrogens with one attached hydrogen (secondary N) is 2. The van der Waals surface area contributed by atoms with Crippen LogP contribution in [0.2, 0.25) is 0 Å². The zero-order chi connectivity index (χ0) is 18.4. The Balaban J connectivity index is 1.45. The molecule has 5 heteroatoms. The number of aromatic nitrogens is 1. The van der Waals surface area contributed by atoms with Gasteiger partial charge in [0.05, 0.1) is 0 Å². The molecule has 1 heterocycles. The van der Waals surface area contributed by atoms with Crippen molar-refractivity contribution in [2.75, 3.05) is 13.1 Å². The fourth-order valence-electron chi connectivity index (χ4n) is 3.24. The second kappa shape index (κ2) is 9.01. The summed E-state index contributed by atoms with van der Waals surface area (Å²) in [6.07, 6.45) is 3.85. The molecule has 0 aliphatic heterocycles. The van der Waals surface area contributed by atoms with E-state index in [2.05, 4.69) is 62.7 Å². The number of halogens is 1. The van der Waals surface area contributed by atoms with E-state index in [4.69, 9.17) is 0 Å². The van der Waals surface area contributed by atoms with E-state index in [0.29, 0.717) is 19.1 Å². The molecule has 2 aromatic carbocycles. The Labute approximate surface area is 162 Å². The number of carbonyl (C=O) groups is 1. The van der Waals surface area contributed by atoms with Crippen molar-refractivity contribution in [2.24, 2.45) is 0 Å². The van der Waals surface area contributed by atoms with E-state index < -0.39 is 0 Å². The third-order valence-corrected chi connectivity index (χ3v) is 5.25. The summed E-state index contributed by atoms with van der Waals surface area (Å²) in [5, 5.41) is 6.38. The van der Waals surface area contributed by atoms with Crippen LogP contribution in [0.1, 0.15) is 30.5 Å². The highest BCUT2D eigenvalue weighted by atomic mass is 79.9. The number of hydrogen-bond acceptors (Lipinski definition) is 1. The highest BCUT2D eigenvalue weighted by Gasteiger charge is 2.14. The molecule has 0 saturated heterocycles. The lowest BCUT2D eigenvalue weighted by molar-refractivity contribution is -0.686. The second-order valence-electron chi connectivity index (χ2n) is 6.47. The summed E-state index contributed by atoms with van der Waals surface area (Å²) in [4.78, 5) is 15.5. The standard InChI is InChI=1S/C21H24BrN3O/c1-2-19(15-7-9-17(22)10-8-15)25-14-21(26)23-12-11-16-13-24-20-6-4-3-5-18(16)20/h3-10,13,19,24-25H,2,11-12,14H2,1H3,(H,23,26)/p+1/t19-/m1/s1. The quantitative estimate of drug-likeness (QED) is 0.520. The zero-order valence-corrected chi connectivity index (χ0v) is 16.6. The van der Waals surface area contributed by atoms with Crippen LogP contribution in [0.4, 0.5) is 0 Å². The lowest BCUT2D eigenvalue weighted by Crippen LogP contribution is -2.87. The van der Waals surface area contributed by atoms with Crippen molar-refractivity contribution in [3.05, 3.63) is 70.3 Å². The number of carbonyl (C=O) groups excluding carboxylic acids is 1. The van der Waals surface area contributed by atoms with Crippen molar-refractivity contribution < 1.29 is 10.1 Å². The zero-order valence-electron chi connectivity index (χ0n) is 15.0. The van der Waals surface area contributed by atoms with Gasteiger partial charge in [0.2, 0.25) is 0 Å². The Morgan fingerprint density at radius 3 is 2.73 bits per heavy atom. The van der Waals surface area contributed by atoms with Crippen molar-refractivity contribution in [3.8, 4) is 0 Å². The minimum atomic E-state index is 0.0837. The van der Waals surface area contributed by atoms with E-state index in [1.165, 1.54) is 16.5 Å². The second-order valence-corrected chi connectivity index (χ2v) is 7.38. The molecule has 136 valence electrons. The van der Waals surface area contributed by atoms with Crippen molar-refractivity contribution in [1.29, 1.82) is 0 Å². The number of hydrogen-bond donors (Lipinski definition) is 3. The first-order chi connectivity index (χ1) is 12.7. The van der Waals surface area contributed by atoms with E-state index in [1.807, 2.05) is 30.5 Å². The van der Waals surface area contributed by atoms with Crippen LogP contribution in [-0.2, 0) is 11.2 Å². The number of nitrogens with two attached hydrogens (primary N) is 1. The number of para-hydroxylation sites is 1. The van der Waals surface area contributed by atoms with Crippen LogP contribution in [0.15, 0.2) is 59.2 Å². The van der Waals surface area contributed by atoms with E-state index in [1.54, 1.807) is 0 Å². The number of H-pyrrole nitrogens is 1. The number of rotatable bonds is 8. The fraction of sp³-hybridized carbons (Fsp3) is 0.286. The Morgan fingerprint density at radius 1 is 1.19 bits per heavy atom. The molecule has 0 bridgehead atoms. The lowest BCUT2D eigenvalue weighted by atomic mass is 10.0. The first-order valence-corrected chi connectivity index (χ1v) is 9.87. The number of aromatic amines is 1. The average molecular weight is 415 g/mol. The third-order valence-electron chi connectivity index (χ3n) is 4.72. The molecule has 0 saturated carbocycles. The molecule has 4 N–H and O–H groups in total. The highest BCUT2D eigenvalue weighted by molar-refractivity contribution is 9.10. The molecule has 3 rings (SSSR count). The summed E-state index contributed by atoms with van der Waals surface area (Å²) in [6.45, 7) is 3.25. The first kappa shape index (κ1) is 18.7. The largest absolute Gasteiger partial charge is 0.361 e. The summed E-state index contributed by atoms with van der Waals surface area (Å²) >= 11 is 3.46. The van der Waals surface area contributed by atoms with Crippen LogP contribution in [-0.4, -0.2) is 24.0 Å². The Bertz CT molecular complexity index is 857. The van der Waals surface area contributed by atoms with Gasteiger partial charge in [-0.2, -0.15) is 0 Å². The van der Waals surface area contributed by atoms with Crippen LogP contribution in [0.3, 0.4) is 0 Å². The molecule has 3 aromatic rings. The maximum Gasteiger partial charge on any atom is 0.275 e. The van der Waals surface area contributed by atoms with Gasteiger partial charge in [0.15, 0.2) is 6.54 Å². The minimum absolute atomic E-state index is 0.0837. The van der Waals surface area contributed by atoms with Gasteiger partial charge in [-0.3, -0.25) is 4.79 Å². The Morgan fingerprint density at radius 2 is 1.96 bits per heavy atom. The van der Waals surface area contributed by atoms with Crippen molar-refractivity contribution in [3.63, 3.8) is 0 Å². The van der Waals surface area contributed by atoms with E-state index in [0.717, 1.165) is 22.8 Å². The molecule has 0 aliphatic carbocycles. The summed E-state index contributed by atoms with van der Waals surface area (Å²) < 4.78 is 1.08. The number of fused-ring (bicyclic) bond motifs is 1. The number of quaternary nitrogens is 1. The summed E-state index contributed by atoms with van der Waals surface area (Å²) in [6, 6.07) is 16.9. The molecular formula is C21H25BrN3O+. The van der Waals surface area contributed by atoms with E-state index >= 15 is 0 Å². The van der Waals surface area contributed by atoms with Crippen molar-refractivity contribution >= 4 is 32.7 Å². The highest BCUT2D eigenvalue weighted by Crippen LogP contribution is 2.18. The number of benzene rings is 2.